The van der Waals surface area contributed by atoms with E-state index in [1.165, 1.54) is 18.4 Å². The highest BCUT2D eigenvalue weighted by molar-refractivity contribution is 9.11. The molecule has 1 aromatic carbocycles. The number of sulfonamides is 1. The van der Waals surface area contributed by atoms with E-state index in [0.717, 1.165) is 19.3 Å². The first kappa shape index (κ1) is 17.0. The highest BCUT2D eigenvalue weighted by atomic mass is 79.9. The zero-order valence-electron chi connectivity index (χ0n) is 11.5. The van der Waals surface area contributed by atoms with E-state index in [1.54, 1.807) is 12.1 Å². The van der Waals surface area contributed by atoms with E-state index >= 15 is 0 Å². The van der Waals surface area contributed by atoms with E-state index in [9.17, 15) is 8.42 Å². The Hall–Kier alpha value is -0.370. The van der Waals surface area contributed by atoms with Gasteiger partial charge in [0.1, 0.15) is 4.90 Å². The molecule has 0 aliphatic heterocycles. The molecular weight excluding hydrogens is 420 g/mol. The van der Waals surface area contributed by atoms with Crippen molar-refractivity contribution in [3.8, 4) is 0 Å². The van der Waals surface area contributed by atoms with Gasteiger partial charge in [-0.15, -0.1) is 0 Å². The van der Waals surface area contributed by atoms with Crippen molar-refractivity contribution in [1.82, 2.24) is 4.72 Å². The molecule has 21 heavy (non-hydrogen) atoms. The Morgan fingerprint density at radius 3 is 2.43 bits per heavy atom. The van der Waals surface area contributed by atoms with Crippen LogP contribution in [0.25, 0.3) is 0 Å². The number of rotatable bonds is 5. The molecular formula is C14H18Br2N2O2S. The Morgan fingerprint density at radius 1 is 1.19 bits per heavy atom. The Morgan fingerprint density at radius 2 is 1.86 bits per heavy atom. The summed E-state index contributed by atoms with van der Waals surface area (Å²) in [7, 11) is -3.57. The molecule has 0 atom stereocenters. The van der Waals surface area contributed by atoms with Gasteiger partial charge in [-0.05, 0) is 76.1 Å². The number of halogens is 2. The normalized spacial score (nSPS) is 15.8. The number of nitrogens with two attached hydrogens (primary N) is 1. The fourth-order valence-corrected chi connectivity index (χ4v) is 6.03. The van der Waals surface area contributed by atoms with Crippen LogP contribution in [0.15, 0.2) is 37.6 Å². The summed E-state index contributed by atoms with van der Waals surface area (Å²) in [4.78, 5) is 0.189. The largest absolute Gasteiger partial charge is 0.399 e. The van der Waals surface area contributed by atoms with Gasteiger partial charge in [-0.3, -0.25) is 0 Å². The van der Waals surface area contributed by atoms with Gasteiger partial charge in [0.05, 0.1) is 0 Å². The molecule has 4 nitrogen and oxygen atoms in total. The number of anilines is 1. The summed E-state index contributed by atoms with van der Waals surface area (Å²) in [6.45, 7) is 0.414. The highest BCUT2D eigenvalue weighted by Crippen LogP contribution is 2.32. The second-order valence-corrected chi connectivity index (χ2v) is 8.48. The minimum absolute atomic E-state index is 0.189. The molecule has 116 valence electrons. The predicted octanol–water partition coefficient (Wildman–Crippen LogP) is 3.96. The lowest BCUT2D eigenvalue weighted by atomic mass is 9.97. The molecule has 2 rings (SSSR count). The molecule has 0 heterocycles. The maximum absolute atomic E-state index is 12.4. The molecule has 0 bridgehead atoms. The van der Waals surface area contributed by atoms with Crippen molar-refractivity contribution in [2.24, 2.45) is 0 Å². The van der Waals surface area contributed by atoms with Crippen LogP contribution in [0.3, 0.4) is 0 Å². The number of benzene rings is 1. The lowest BCUT2D eigenvalue weighted by Gasteiger charge is -2.14. The van der Waals surface area contributed by atoms with Crippen molar-refractivity contribution in [3.05, 3.63) is 32.7 Å². The molecule has 0 amide bonds. The molecule has 0 fully saturated rings. The third-order valence-electron chi connectivity index (χ3n) is 3.41. The number of hydrogen-bond donors (Lipinski definition) is 2. The highest BCUT2D eigenvalue weighted by Gasteiger charge is 2.21. The molecule has 7 heteroatoms. The summed E-state index contributed by atoms with van der Waals surface area (Å²) in [6, 6.07) is 3.17. The molecule has 0 spiro atoms. The second-order valence-electron chi connectivity index (χ2n) is 5.07. The SMILES string of the molecule is Nc1cc(Br)c(S(=O)(=O)NCCC2=CCCCC2)c(Br)c1. The Balaban J connectivity index is 2.07. The van der Waals surface area contributed by atoms with Crippen LogP contribution in [0, 0.1) is 0 Å². The monoisotopic (exact) mass is 436 g/mol. The third-order valence-corrected chi connectivity index (χ3v) is 6.75. The predicted molar refractivity (Wildman–Crippen MR) is 92.6 cm³/mol. The van der Waals surface area contributed by atoms with Gasteiger partial charge < -0.3 is 5.73 Å². The van der Waals surface area contributed by atoms with Gasteiger partial charge in [-0.25, -0.2) is 13.1 Å². The standard InChI is InChI=1S/C14H18Br2N2O2S/c15-12-8-11(17)9-13(16)14(12)21(19,20)18-7-6-10-4-2-1-3-5-10/h4,8-9,18H,1-3,5-7,17H2. The summed E-state index contributed by atoms with van der Waals surface area (Å²) in [5.41, 5.74) is 7.53. The van der Waals surface area contributed by atoms with E-state index < -0.39 is 10.0 Å². The maximum atomic E-state index is 12.4. The van der Waals surface area contributed by atoms with Crippen LogP contribution in [0.5, 0.6) is 0 Å². The fraction of sp³-hybridized carbons (Fsp3) is 0.429. The van der Waals surface area contributed by atoms with Gasteiger partial charge in [0.2, 0.25) is 10.0 Å². The zero-order chi connectivity index (χ0) is 15.5. The van der Waals surface area contributed by atoms with Crippen molar-refractivity contribution in [2.75, 3.05) is 12.3 Å². The third kappa shape index (κ3) is 4.55. The van der Waals surface area contributed by atoms with Crippen molar-refractivity contribution in [2.45, 2.75) is 37.0 Å². The van der Waals surface area contributed by atoms with Crippen LogP contribution < -0.4 is 10.5 Å². The van der Waals surface area contributed by atoms with Gasteiger partial charge in [-0.1, -0.05) is 11.6 Å². The molecule has 0 saturated carbocycles. The molecule has 0 aromatic heterocycles. The molecule has 0 radical (unpaired) electrons. The first-order valence-electron chi connectivity index (χ1n) is 6.82. The van der Waals surface area contributed by atoms with Crippen molar-refractivity contribution < 1.29 is 8.42 Å². The van der Waals surface area contributed by atoms with E-state index in [2.05, 4.69) is 42.7 Å². The zero-order valence-corrected chi connectivity index (χ0v) is 15.5. The van der Waals surface area contributed by atoms with Gasteiger partial charge in [0, 0.05) is 21.2 Å². The van der Waals surface area contributed by atoms with E-state index in [1.807, 2.05) is 0 Å². The summed E-state index contributed by atoms with van der Waals surface area (Å²) in [5, 5.41) is 0. The molecule has 3 N–H and O–H groups in total. The molecule has 1 aromatic rings. The maximum Gasteiger partial charge on any atom is 0.242 e. The van der Waals surface area contributed by atoms with Crippen molar-refractivity contribution in [1.29, 1.82) is 0 Å². The Kier molecular flexibility index (Phi) is 5.88. The van der Waals surface area contributed by atoms with Crippen LogP contribution >= 0.6 is 31.9 Å². The van der Waals surface area contributed by atoms with Crippen LogP contribution in [-0.2, 0) is 10.0 Å². The minimum Gasteiger partial charge on any atom is -0.399 e. The number of hydrogen-bond acceptors (Lipinski definition) is 3. The van der Waals surface area contributed by atoms with E-state index in [0.29, 0.717) is 21.2 Å². The second kappa shape index (κ2) is 7.26. The molecule has 0 saturated heterocycles. The van der Waals surface area contributed by atoms with Crippen LogP contribution in [-0.4, -0.2) is 15.0 Å². The van der Waals surface area contributed by atoms with Crippen LogP contribution in [0.4, 0.5) is 5.69 Å². The smallest absolute Gasteiger partial charge is 0.242 e. The van der Waals surface area contributed by atoms with Crippen LogP contribution in [0.2, 0.25) is 0 Å². The molecule has 0 unspecified atom stereocenters. The first-order valence-corrected chi connectivity index (χ1v) is 9.89. The average Bonchev–Trinajstić information content (AvgIpc) is 2.38. The van der Waals surface area contributed by atoms with E-state index in [-0.39, 0.29) is 4.90 Å². The van der Waals surface area contributed by atoms with Gasteiger partial charge in [0.15, 0.2) is 0 Å². The Bertz CT molecular complexity index is 634. The summed E-state index contributed by atoms with van der Waals surface area (Å²) in [6.07, 6.45) is 7.62. The number of allylic oxidation sites excluding steroid dienone is 1. The summed E-state index contributed by atoms with van der Waals surface area (Å²) >= 11 is 6.52. The minimum atomic E-state index is -3.57. The summed E-state index contributed by atoms with van der Waals surface area (Å²) in [5.74, 6) is 0. The van der Waals surface area contributed by atoms with Crippen LogP contribution in [0.1, 0.15) is 32.1 Å². The van der Waals surface area contributed by atoms with Gasteiger partial charge in [0.25, 0.3) is 0 Å². The topological polar surface area (TPSA) is 72.2 Å². The fourth-order valence-electron chi connectivity index (χ4n) is 2.39. The molecule has 1 aliphatic rings. The quantitative estimate of drug-likeness (QED) is 0.540. The van der Waals surface area contributed by atoms with Crippen molar-refractivity contribution in [3.63, 3.8) is 0 Å². The molecule has 1 aliphatic carbocycles. The average molecular weight is 438 g/mol. The van der Waals surface area contributed by atoms with E-state index in [4.69, 9.17) is 5.73 Å². The summed E-state index contributed by atoms with van der Waals surface area (Å²) < 4.78 is 28.4. The lowest BCUT2D eigenvalue weighted by molar-refractivity contribution is 0.578. The lowest BCUT2D eigenvalue weighted by Crippen LogP contribution is -2.26. The Labute approximate surface area is 142 Å². The van der Waals surface area contributed by atoms with Gasteiger partial charge in [-0.2, -0.15) is 0 Å². The number of nitrogen functional groups attached to an aromatic ring is 1. The van der Waals surface area contributed by atoms with Gasteiger partial charge >= 0.3 is 0 Å². The number of nitrogens with one attached hydrogen (secondary N) is 1. The van der Waals surface area contributed by atoms with Crippen molar-refractivity contribution >= 4 is 47.6 Å². The first-order chi connectivity index (χ1) is 9.90.